The lowest BCUT2D eigenvalue weighted by molar-refractivity contribution is 0.157. The van der Waals surface area contributed by atoms with Gasteiger partial charge in [0.1, 0.15) is 5.67 Å². The lowest BCUT2D eigenvalue weighted by Gasteiger charge is -2.24. The van der Waals surface area contributed by atoms with Gasteiger partial charge < -0.3 is 5.73 Å². The first-order valence-corrected chi connectivity index (χ1v) is 4.98. The van der Waals surface area contributed by atoms with E-state index in [0.29, 0.717) is 11.4 Å². The maximum atomic E-state index is 13.9. The molecule has 2 atom stereocenters. The lowest BCUT2D eigenvalue weighted by Crippen LogP contribution is -2.41. The van der Waals surface area contributed by atoms with Crippen molar-refractivity contribution >= 4 is 11.6 Å². The Morgan fingerprint density at radius 2 is 2.21 bits per heavy atom. The summed E-state index contributed by atoms with van der Waals surface area (Å²) in [6, 6.07) is 6.72. The molecule has 0 saturated carbocycles. The molecule has 1 rings (SSSR count). The topological polar surface area (TPSA) is 26.0 Å². The fraction of sp³-hybridized carbons (Fsp3) is 0.455. The van der Waals surface area contributed by atoms with Crippen LogP contribution in [-0.4, -0.2) is 11.7 Å². The molecule has 2 N–H and O–H groups in total. The summed E-state index contributed by atoms with van der Waals surface area (Å²) in [6.07, 6.45) is 0.297. The van der Waals surface area contributed by atoms with Gasteiger partial charge in [0.2, 0.25) is 0 Å². The molecular weight excluding hydrogens is 201 g/mol. The third-order valence-electron chi connectivity index (χ3n) is 2.39. The van der Waals surface area contributed by atoms with E-state index in [-0.39, 0.29) is 0 Å². The molecule has 0 spiro atoms. The second-order valence-corrected chi connectivity index (χ2v) is 4.31. The van der Waals surface area contributed by atoms with E-state index in [1.807, 2.05) is 12.1 Å². The van der Waals surface area contributed by atoms with Crippen molar-refractivity contribution in [3.63, 3.8) is 0 Å². The summed E-state index contributed by atoms with van der Waals surface area (Å²) in [7, 11) is 0. The molecule has 0 saturated heterocycles. The van der Waals surface area contributed by atoms with Gasteiger partial charge in [0.25, 0.3) is 0 Å². The Labute approximate surface area is 89.1 Å². The lowest BCUT2D eigenvalue weighted by atomic mass is 9.92. The number of nitrogens with two attached hydrogens (primary N) is 1. The fourth-order valence-electron chi connectivity index (χ4n) is 1.21. The Morgan fingerprint density at radius 3 is 2.71 bits per heavy atom. The molecule has 1 aromatic rings. The average molecular weight is 216 g/mol. The zero-order valence-electron chi connectivity index (χ0n) is 8.43. The van der Waals surface area contributed by atoms with Crippen molar-refractivity contribution < 1.29 is 4.39 Å². The molecule has 3 heteroatoms. The van der Waals surface area contributed by atoms with Crippen molar-refractivity contribution in [3.05, 3.63) is 34.9 Å². The van der Waals surface area contributed by atoms with Gasteiger partial charge in [-0.2, -0.15) is 0 Å². The Hall–Kier alpha value is -0.600. The van der Waals surface area contributed by atoms with Gasteiger partial charge in [0.15, 0.2) is 0 Å². The van der Waals surface area contributed by atoms with E-state index in [1.54, 1.807) is 19.1 Å². The van der Waals surface area contributed by atoms with E-state index < -0.39 is 11.7 Å². The minimum absolute atomic E-state index is 0.297. The van der Waals surface area contributed by atoms with Crippen molar-refractivity contribution in [1.82, 2.24) is 0 Å². The summed E-state index contributed by atoms with van der Waals surface area (Å²) < 4.78 is 13.9. The van der Waals surface area contributed by atoms with Crippen LogP contribution >= 0.6 is 11.6 Å². The highest BCUT2D eigenvalue weighted by Crippen LogP contribution is 2.22. The monoisotopic (exact) mass is 215 g/mol. The predicted octanol–water partition coefficient (Wildman–Crippen LogP) is 2.96. The Balaban J connectivity index is 2.78. The molecule has 0 bridgehead atoms. The van der Waals surface area contributed by atoms with E-state index in [4.69, 9.17) is 17.3 Å². The van der Waals surface area contributed by atoms with Gasteiger partial charge in [-0.1, -0.05) is 23.7 Å². The molecule has 0 aliphatic heterocycles. The molecule has 0 amide bonds. The number of hydrogen-bond donors (Lipinski definition) is 1. The number of hydrogen-bond acceptors (Lipinski definition) is 1. The summed E-state index contributed by atoms with van der Waals surface area (Å²) in [4.78, 5) is 0. The SMILES string of the molecule is CC(N)C(C)(F)Cc1cccc(Cl)c1. The summed E-state index contributed by atoms with van der Waals surface area (Å²) in [5.74, 6) is 0. The Bertz CT molecular complexity index is 310. The van der Waals surface area contributed by atoms with Gasteiger partial charge >= 0.3 is 0 Å². The maximum absolute atomic E-state index is 13.9. The van der Waals surface area contributed by atoms with Crippen LogP contribution in [0.25, 0.3) is 0 Å². The molecule has 0 aromatic heterocycles. The van der Waals surface area contributed by atoms with Crippen molar-refractivity contribution in [3.8, 4) is 0 Å². The molecule has 0 heterocycles. The first kappa shape index (κ1) is 11.5. The second kappa shape index (κ2) is 4.28. The first-order chi connectivity index (χ1) is 6.42. The van der Waals surface area contributed by atoms with Crippen molar-refractivity contribution in [2.45, 2.75) is 32.0 Å². The van der Waals surface area contributed by atoms with Crippen molar-refractivity contribution in [1.29, 1.82) is 0 Å². The normalized spacial score (nSPS) is 17.5. The van der Waals surface area contributed by atoms with Crippen LogP contribution in [-0.2, 0) is 6.42 Å². The van der Waals surface area contributed by atoms with E-state index >= 15 is 0 Å². The third-order valence-corrected chi connectivity index (χ3v) is 2.62. The van der Waals surface area contributed by atoms with Gasteiger partial charge in [-0.25, -0.2) is 4.39 Å². The third kappa shape index (κ3) is 2.96. The quantitative estimate of drug-likeness (QED) is 0.825. The van der Waals surface area contributed by atoms with E-state index in [9.17, 15) is 4.39 Å². The van der Waals surface area contributed by atoms with Gasteiger partial charge in [0, 0.05) is 17.5 Å². The average Bonchev–Trinajstić information content (AvgIpc) is 2.02. The van der Waals surface area contributed by atoms with Crippen LogP contribution in [0.4, 0.5) is 4.39 Å². The Kier molecular flexibility index (Phi) is 3.51. The highest BCUT2D eigenvalue weighted by atomic mass is 35.5. The maximum Gasteiger partial charge on any atom is 0.127 e. The van der Waals surface area contributed by atoms with E-state index in [1.165, 1.54) is 6.92 Å². The molecule has 2 unspecified atom stereocenters. The van der Waals surface area contributed by atoms with Crippen LogP contribution in [0.1, 0.15) is 19.4 Å². The number of benzene rings is 1. The molecule has 0 radical (unpaired) electrons. The standard InChI is InChI=1S/C11H15ClFN/c1-8(14)11(2,13)7-9-4-3-5-10(12)6-9/h3-6,8H,7,14H2,1-2H3. The van der Waals surface area contributed by atoms with Gasteiger partial charge in [0.05, 0.1) is 0 Å². The molecule has 0 fully saturated rings. The van der Waals surface area contributed by atoms with E-state index in [2.05, 4.69) is 0 Å². The van der Waals surface area contributed by atoms with Crippen LogP contribution < -0.4 is 5.73 Å². The fourth-order valence-corrected chi connectivity index (χ4v) is 1.42. The highest BCUT2D eigenvalue weighted by Gasteiger charge is 2.28. The summed E-state index contributed by atoms with van der Waals surface area (Å²) in [5, 5.41) is 0.628. The van der Waals surface area contributed by atoms with Crippen molar-refractivity contribution in [2.24, 2.45) is 5.73 Å². The van der Waals surface area contributed by atoms with Crippen LogP contribution in [0.2, 0.25) is 5.02 Å². The smallest absolute Gasteiger partial charge is 0.127 e. The number of rotatable bonds is 3. The summed E-state index contributed by atoms with van der Waals surface area (Å²) in [6.45, 7) is 3.18. The second-order valence-electron chi connectivity index (χ2n) is 3.87. The molecule has 78 valence electrons. The molecular formula is C11H15ClFN. The Morgan fingerprint density at radius 1 is 1.57 bits per heavy atom. The predicted molar refractivity (Wildman–Crippen MR) is 58.3 cm³/mol. The van der Waals surface area contributed by atoms with Crippen LogP contribution in [0.15, 0.2) is 24.3 Å². The first-order valence-electron chi connectivity index (χ1n) is 4.61. The van der Waals surface area contributed by atoms with Gasteiger partial charge in [-0.15, -0.1) is 0 Å². The number of halogens is 2. The zero-order chi connectivity index (χ0) is 10.8. The summed E-state index contributed by atoms with van der Waals surface area (Å²) >= 11 is 5.80. The molecule has 0 aliphatic rings. The molecule has 0 aliphatic carbocycles. The molecule has 1 aromatic carbocycles. The molecule has 14 heavy (non-hydrogen) atoms. The zero-order valence-corrected chi connectivity index (χ0v) is 9.18. The van der Waals surface area contributed by atoms with E-state index in [0.717, 1.165) is 5.56 Å². The number of alkyl halides is 1. The largest absolute Gasteiger partial charge is 0.325 e. The van der Waals surface area contributed by atoms with Gasteiger partial charge in [-0.05, 0) is 31.5 Å². The highest BCUT2D eigenvalue weighted by molar-refractivity contribution is 6.30. The summed E-state index contributed by atoms with van der Waals surface area (Å²) in [5.41, 5.74) is 5.04. The van der Waals surface area contributed by atoms with Crippen LogP contribution in [0.5, 0.6) is 0 Å². The minimum atomic E-state index is -1.38. The van der Waals surface area contributed by atoms with Crippen LogP contribution in [0.3, 0.4) is 0 Å². The van der Waals surface area contributed by atoms with Crippen molar-refractivity contribution in [2.75, 3.05) is 0 Å². The minimum Gasteiger partial charge on any atom is -0.325 e. The van der Waals surface area contributed by atoms with Gasteiger partial charge in [-0.3, -0.25) is 0 Å². The van der Waals surface area contributed by atoms with Crippen LogP contribution in [0, 0.1) is 0 Å². The molecule has 1 nitrogen and oxygen atoms in total.